The molecule has 4 rings (SSSR count). The molecule has 6 nitrogen and oxygen atoms in total. The highest BCUT2D eigenvalue weighted by Crippen LogP contribution is 2.26. The SMILES string of the molecule is O=C(NNc1nc(-c2ccccc2)c2ccccc2n1)c1ccco1. The van der Waals surface area contributed by atoms with Gasteiger partial charge in [0.2, 0.25) is 5.95 Å². The molecule has 0 saturated heterocycles. The molecule has 2 heterocycles. The summed E-state index contributed by atoms with van der Waals surface area (Å²) in [6, 6.07) is 20.8. The highest BCUT2D eigenvalue weighted by atomic mass is 16.3. The van der Waals surface area contributed by atoms with E-state index in [1.807, 2.05) is 54.6 Å². The van der Waals surface area contributed by atoms with E-state index in [1.54, 1.807) is 12.1 Å². The van der Waals surface area contributed by atoms with E-state index in [1.165, 1.54) is 6.26 Å². The van der Waals surface area contributed by atoms with Crippen LogP contribution in [0.2, 0.25) is 0 Å². The Kier molecular flexibility index (Phi) is 3.84. The molecule has 0 bridgehead atoms. The second-order valence-corrected chi connectivity index (χ2v) is 5.34. The maximum atomic E-state index is 12.0. The van der Waals surface area contributed by atoms with Crippen molar-refractivity contribution in [2.75, 3.05) is 5.43 Å². The maximum Gasteiger partial charge on any atom is 0.305 e. The molecule has 0 fully saturated rings. The van der Waals surface area contributed by atoms with Crippen LogP contribution in [0.1, 0.15) is 10.6 Å². The van der Waals surface area contributed by atoms with E-state index in [4.69, 9.17) is 4.42 Å². The number of carbonyl (C=O) groups is 1. The second-order valence-electron chi connectivity index (χ2n) is 5.34. The van der Waals surface area contributed by atoms with Crippen molar-refractivity contribution in [2.24, 2.45) is 0 Å². The summed E-state index contributed by atoms with van der Waals surface area (Å²) in [5.41, 5.74) is 7.84. The minimum Gasteiger partial charge on any atom is -0.459 e. The van der Waals surface area contributed by atoms with Gasteiger partial charge < -0.3 is 4.42 Å². The number of hydrogen-bond donors (Lipinski definition) is 2. The number of hydrogen-bond acceptors (Lipinski definition) is 5. The number of hydrazine groups is 1. The topological polar surface area (TPSA) is 80.0 Å². The predicted molar refractivity (Wildman–Crippen MR) is 94.8 cm³/mol. The Morgan fingerprint density at radius 3 is 2.48 bits per heavy atom. The van der Waals surface area contributed by atoms with Gasteiger partial charge in [0.25, 0.3) is 0 Å². The van der Waals surface area contributed by atoms with Crippen LogP contribution in [-0.2, 0) is 0 Å². The van der Waals surface area contributed by atoms with Gasteiger partial charge in [-0.15, -0.1) is 0 Å². The number of nitrogens with zero attached hydrogens (tertiary/aromatic N) is 2. The van der Waals surface area contributed by atoms with E-state index < -0.39 is 5.91 Å². The molecule has 2 aromatic heterocycles. The number of anilines is 1. The fraction of sp³-hybridized carbons (Fsp3) is 0. The van der Waals surface area contributed by atoms with Crippen LogP contribution in [0.25, 0.3) is 22.2 Å². The van der Waals surface area contributed by atoms with Gasteiger partial charge in [-0.05, 0) is 18.2 Å². The summed E-state index contributed by atoms with van der Waals surface area (Å²) in [7, 11) is 0. The number of furan rings is 1. The van der Waals surface area contributed by atoms with Crippen LogP contribution in [0.3, 0.4) is 0 Å². The van der Waals surface area contributed by atoms with Gasteiger partial charge in [0.05, 0.1) is 17.5 Å². The van der Waals surface area contributed by atoms with Crippen LogP contribution < -0.4 is 10.9 Å². The molecule has 4 aromatic rings. The lowest BCUT2D eigenvalue weighted by Gasteiger charge is -2.10. The van der Waals surface area contributed by atoms with Crippen LogP contribution in [0.15, 0.2) is 77.4 Å². The molecule has 0 saturated carbocycles. The van der Waals surface area contributed by atoms with Gasteiger partial charge in [-0.2, -0.15) is 0 Å². The Morgan fingerprint density at radius 1 is 0.880 bits per heavy atom. The van der Waals surface area contributed by atoms with Crippen molar-refractivity contribution in [3.05, 3.63) is 78.8 Å². The zero-order valence-corrected chi connectivity index (χ0v) is 13.1. The summed E-state index contributed by atoms with van der Waals surface area (Å²) in [6.07, 6.45) is 1.44. The quantitative estimate of drug-likeness (QED) is 0.558. The maximum absolute atomic E-state index is 12.0. The Labute approximate surface area is 143 Å². The summed E-state index contributed by atoms with van der Waals surface area (Å²) >= 11 is 0. The summed E-state index contributed by atoms with van der Waals surface area (Å²) < 4.78 is 5.05. The normalized spacial score (nSPS) is 10.6. The highest BCUT2D eigenvalue weighted by Gasteiger charge is 2.11. The van der Waals surface area contributed by atoms with E-state index in [-0.39, 0.29) is 5.76 Å². The van der Waals surface area contributed by atoms with Gasteiger partial charge in [-0.25, -0.2) is 9.97 Å². The number of benzene rings is 2. The summed E-state index contributed by atoms with van der Waals surface area (Å²) in [6.45, 7) is 0. The van der Waals surface area contributed by atoms with E-state index >= 15 is 0 Å². The third kappa shape index (κ3) is 3.05. The number of nitrogens with one attached hydrogen (secondary N) is 2. The standard InChI is InChI=1S/C19H14N4O2/c24-18(16-11-6-12-25-16)22-23-19-20-15-10-5-4-9-14(15)17(21-19)13-7-2-1-3-8-13/h1-12H,(H,22,24)(H,20,21,23). The summed E-state index contributed by atoms with van der Waals surface area (Å²) in [4.78, 5) is 21.0. The monoisotopic (exact) mass is 330 g/mol. The number of amides is 1. The first-order valence-corrected chi connectivity index (χ1v) is 7.73. The molecule has 0 radical (unpaired) electrons. The zero-order chi connectivity index (χ0) is 17.1. The van der Waals surface area contributed by atoms with Gasteiger partial charge in [0.15, 0.2) is 5.76 Å². The average molecular weight is 330 g/mol. The van der Waals surface area contributed by atoms with Crippen molar-refractivity contribution in [1.82, 2.24) is 15.4 Å². The molecule has 0 spiro atoms. The first kappa shape index (κ1) is 14.9. The van der Waals surface area contributed by atoms with Crippen molar-refractivity contribution in [3.8, 4) is 11.3 Å². The molecule has 122 valence electrons. The summed E-state index contributed by atoms with van der Waals surface area (Å²) in [5.74, 6) is 0.108. The molecular formula is C19H14N4O2. The molecule has 0 atom stereocenters. The van der Waals surface area contributed by atoms with E-state index in [0.717, 1.165) is 22.2 Å². The number of aromatic nitrogens is 2. The van der Waals surface area contributed by atoms with Crippen molar-refractivity contribution >= 4 is 22.8 Å². The minimum atomic E-state index is -0.400. The molecule has 2 N–H and O–H groups in total. The molecule has 0 unspecified atom stereocenters. The molecule has 6 heteroatoms. The van der Waals surface area contributed by atoms with Crippen molar-refractivity contribution in [2.45, 2.75) is 0 Å². The van der Waals surface area contributed by atoms with E-state index in [9.17, 15) is 4.79 Å². The van der Waals surface area contributed by atoms with Crippen LogP contribution in [0.5, 0.6) is 0 Å². The Balaban J connectivity index is 1.69. The lowest BCUT2D eigenvalue weighted by atomic mass is 10.1. The Bertz CT molecular complexity index is 1010. The molecular weight excluding hydrogens is 316 g/mol. The fourth-order valence-electron chi connectivity index (χ4n) is 2.53. The first-order valence-electron chi connectivity index (χ1n) is 7.73. The molecule has 0 aliphatic rings. The minimum absolute atomic E-state index is 0.205. The smallest absolute Gasteiger partial charge is 0.305 e. The van der Waals surface area contributed by atoms with Crippen molar-refractivity contribution < 1.29 is 9.21 Å². The van der Waals surface area contributed by atoms with Crippen LogP contribution in [-0.4, -0.2) is 15.9 Å². The lowest BCUT2D eigenvalue weighted by Crippen LogP contribution is -2.30. The zero-order valence-electron chi connectivity index (χ0n) is 13.1. The lowest BCUT2D eigenvalue weighted by molar-refractivity contribution is 0.0935. The third-order valence-corrected chi connectivity index (χ3v) is 3.68. The molecule has 1 amide bonds. The second kappa shape index (κ2) is 6.45. The van der Waals surface area contributed by atoms with Crippen molar-refractivity contribution in [3.63, 3.8) is 0 Å². The average Bonchev–Trinajstić information content (AvgIpc) is 3.21. The van der Waals surface area contributed by atoms with Crippen LogP contribution in [0, 0.1) is 0 Å². The predicted octanol–water partition coefficient (Wildman–Crippen LogP) is 3.65. The van der Waals surface area contributed by atoms with Crippen LogP contribution >= 0.6 is 0 Å². The van der Waals surface area contributed by atoms with E-state index in [0.29, 0.717) is 5.95 Å². The molecule has 25 heavy (non-hydrogen) atoms. The highest BCUT2D eigenvalue weighted by molar-refractivity contribution is 5.94. The number of carbonyl (C=O) groups excluding carboxylic acids is 1. The van der Waals surface area contributed by atoms with Gasteiger partial charge in [-0.1, -0.05) is 48.5 Å². The van der Waals surface area contributed by atoms with Gasteiger partial charge >= 0.3 is 5.91 Å². The number of para-hydroxylation sites is 1. The van der Waals surface area contributed by atoms with Gasteiger partial charge in [0, 0.05) is 10.9 Å². The third-order valence-electron chi connectivity index (χ3n) is 3.68. The first-order chi connectivity index (χ1) is 12.3. The molecule has 2 aromatic carbocycles. The molecule has 0 aliphatic carbocycles. The summed E-state index contributed by atoms with van der Waals surface area (Å²) in [5, 5.41) is 0.941. The molecule has 0 aliphatic heterocycles. The van der Waals surface area contributed by atoms with Crippen LogP contribution in [0.4, 0.5) is 5.95 Å². The van der Waals surface area contributed by atoms with Gasteiger partial charge in [0.1, 0.15) is 0 Å². The number of fused-ring (bicyclic) bond motifs is 1. The number of rotatable bonds is 4. The van der Waals surface area contributed by atoms with Crippen molar-refractivity contribution in [1.29, 1.82) is 0 Å². The largest absolute Gasteiger partial charge is 0.459 e. The fourth-order valence-corrected chi connectivity index (χ4v) is 2.53. The van der Waals surface area contributed by atoms with E-state index in [2.05, 4.69) is 20.8 Å². The Hall–Kier alpha value is -3.67. The Morgan fingerprint density at radius 2 is 1.68 bits per heavy atom. The van der Waals surface area contributed by atoms with Gasteiger partial charge in [-0.3, -0.25) is 15.6 Å².